The Bertz CT molecular complexity index is 1460. The minimum Gasteiger partial charge on any atom is -0.389 e. The van der Waals surface area contributed by atoms with Gasteiger partial charge in [0.2, 0.25) is 17.7 Å². The number of hydrogen-bond acceptors (Lipinski definition) is 6. The summed E-state index contributed by atoms with van der Waals surface area (Å²) in [7, 11) is 0. The highest BCUT2D eigenvalue weighted by Crippen LogP contribution is 2.65. The Balaban J connectivity index is 1.20. The standard InChI is InChI=1S/C31H39N5O6/c1-15-5-4-6-20-18(15)12-22(33-20)28(40)35-25(16-7-8-16)30(42)36-13-19-24(31(19,2)3)26(36)29(41)34-21(23(38)14-37)11-17-9-10-32-27(17)39/h4-6,12,16-17,19,21,24-26,33,37H,7-11,13-14H2,1-3H3,(H,32,39)(H,34,41)(H,35,40)/t17-,19-,21-,24-,25-,26-/m0/s1. The molecule has 4 fully saturated rings. The minimum absolute atomic E-state index is 0.00851. The van der Waals surface area contributed by atoms with Crippen molar-refractivity contribution >= 4 is 40.3 Å². The first-order chi connectivity index (χ1) is 20.0. The van der Waals surface area contributed by atoms with Crippen molar-refractivity contribution in [2.45, 2.75) is 64.6 Å². The molecule has 0 radical (unpaired) electrons. The summed E-state index contributed by atoms with van der Waals surface area (Å²) in [6.07, 6.45) is 2.26. The zero-order valence-electron chi connectivity index (χ0n) is 24.2. The fourth-order valence-corrected chi connectivity index (χ4v) is 7.24. The molecule has 11 nitrogen and oxygen atoms in total. The summed E-state index contributed by atoms with van der Waals surface area (Å²) in [4.78, 5) is 70.7. The van der Waals surface area contributed by atoms with Crippen LogP contribution in [-0.4, -0.2) is 82.2 Å². The number of ketones is 1. The molecule has 11 heteroatoms. The lowest BCUT2D eigenvalue weighted by Gasteiger charge is -2.34. The number of rotatable bonds is 10. The zero-order chi connectivity index (χ0) is 29.9. The van der Waals surface area contributed by atoms with Crippen molar-refractivity contribution in [1.29, 1.82) is 0 Å². The average molecular weight is 578 g/mol. The maximum absolute atomic E-state index is 14.1. The van der Waals surface area contributed by atoms with Crippen LogP contribution in [0.25, 0.3) is 10.9 Å². The van der Waals surface area contributed by atoms with Crippen molar-refractivity contribution in [3.05, 3.63) is 35.5 Å². The van der Waals surface area contributed by atoms with Gasteiger partial charge in [0.1, 0.15) is 24.4 Å². The van der Waals surface area contributed by atoms with Gasteiger partial charge >= 0.3 is 0 Å². The minimum atomic E-state index is -1.03. The van der Waals surface area contributed by atoms with E-state index in [1.165, 1.54) is 0 Å². The third-order valence-corrected chi connectivity index (χ3v) is 10.1. The van der Waals surface area contributed by atoms with Crippen molar-refractivity contribution in [2.75, 3.05) is 19.7 Å². The number of aromatic amines is 1. The van der Waals surface area contributed by atoms with E-state index in [9.17, 15) is 29.1 Å². The first kappa shape index (κ1) is 28.4. The van der Waals surface area contributed by atoms with Crippen LogP contribution in [0.2, 0.25) is 0 Å². The van der Waals surface area contributed by atoms with E-state index in [0.29, 0.717) is 25.2 Å². The molecule has 2 saturated heterocycles. The van der Waals surface area contributed by atoms with E-state index in [1.54, 1.807) is 11.0 Å². The normalized spacial score (nSPS) is 27.2. The van der Waals surface area contributed by atoms with Crippen LogP contribution in [-0.2, 0) is 19.2 Å². The molecule has 4 aliphatic rings. The quantitative estimate of drug-likeness (QED) is 0.284. The molecule has 5 N–H and O–H groups in total. The average Bonchev–Trinajstić information content (AvgIpc) is 3.62. The number of nitrogens with zero attached hydrogens (tertiary/aromatic N) is 1. The Labute approximate surface area is 244 Å². The van der Waals surface area contributed by atoms with E-state index >= 15 is 0 Å². The second-order valence-electron chi connectivity index (χ2n) is 13.1. The number of H-pyrrole nitrogens is 1. The van der Waals surface area contributed by atoms with Gasteiger partial charge in [0.05, 0.1) is 6.04 Å². The van der Waals surface area contributed by atoms with E-state index in [-0.39, 0.29) is 47.3 Å². The fraction of sp³-hybridized carbons (Fsp3) is 0.581. The van der Waals surface area contributed by atoms with Gasteiger partial charge in [0.25, 0.3) is 5.91 Å². The molecular formula is C31H39N5O6. The van der Waals surface area contributed by atoms with Gasteiger partial charge in [-0.3, -0.25) is 24.0 Å². The molecule has 2 aliphatic heterocycles. The number of carbonyl (C=O) groups excluding carboxylic acids is 5. The number of carbonyl (C=O) groups is 5. The Kier molecular flexibility index (Phi) is 7.11. The van der Waals surface area contributed by atoms with Crippen LogP contribution in [0.5, 0.6) is 0 Å². The molecule has 42 heavy (non-hydrogen) atoms. The van der Waals surface area contributed by atoms with Crippen molar-refractivity contribution in [2.24, 2.45) is 29.1 Å². The first-order valence-electron chi connectivity index (χ1n) is 14.9. The molecule has 3 heterocycles. The molecule has 2 aliphatic carbocycles. The largest absolute Gasteiger partial charge is 0.389 e. The zero-order valence-corrected chi connectivity index (χ0v) is 24.2. The summed E-state index contributed by atoms with van der Waals surface area (Å²) >= 11 is 0. The van der Waals surface area contributed by atoms with Crippen LogP contribution in [0, 0.1) is 36.0 Å². The highest BCUT2D eigenvalue weighted by molar-refractivity contribution is 6.02. The molecular weight excluding hydrogens is 538 g/mol. The number of nitrogens with one attached hydrogen (secondary N) is 4. The molecule has 6 atom stereocenters. The molecule has 4 amide bonds. The third-order valence-electron chi connectivity index (χ3n) is 10.1. The monoisotopic (exact) mass is 577 g/mol. The van der Waals surface area contributed by atoms with E-state index in [0.717, 1.165) is 29.3 Å². The van der Waals surface area contributed by atoms with E-state index in [1.807, 2.05) is 25.1 Å². The maximum Gasteiger partial charge on any atom is 0.268 e. The molecule has 1 aromatic carbocycles. The van der Waals surface area contributed by atoms with Gasteiger partial charge in [-0.25, -0.2) is 0 Å². The smallest absolute Gasteiger partial charge is 0.268 e. The number of aryl methyl sites for hydroxylation is 1. The molecule has 0 bridgehead atoms. The number of hydrogen-bond donors (Lipinski definition) is 5. The van der Waals surface area contributed by atoms with Gasteiger partial charge in [-0.2, -0.15) is 0 Å². The molecule has 2 saturated carbocycles. The first-order valence-corrected chi connectivity index (χ1v) is 14.9. The lowest BCUT2D eigenvalue weighted by Crippen LogP contribution is -2.58. The second kappa shape index (κ2) is 10.5. The van der Waals surface area contributed by atoms with Crippen LogP contribution in [0.1, 0.15) is 55.6 Å². The number of aliphatic hydroxyl groups excluding tert-OH is 1. The van der Waals surface area contributed by atoms with Crippen LogP contribution in [0.4, 0.5) is 0 Å². The Morgan fingerprint density at radius 1 is 1.14 bits per heavy atom. The fourth-order valence-electron chi connectivity index (χ4n) is 7.24. The number of piperidine rings is 1. The molecule has 224 valence electrons. The van der Waals surface area contributed by atoms with E-state index in [2.05, 4.69) is 34.8 Å². The number of Topliss-reactive ketones (excluding diaryl/α,β-unsaturated/α-hetero) is 1. The molecule has 6 rings (SSSR count). The van der Waals surface area contributed by atoms with Crippen molar-refractivity contribution in [1.82, 2.24) is 25.8 Å². The topological polar surface area (TPSA) is 161 Å². The van der Waals surface area contributed by atoms with Gasteiger partial charge in [-0.05, 0) is 73.5 Å². The Morgan fingerprint density at radius 2 is 1.90 bits per heavy atom. The van der Waals surface area contributed by atoms with Gasteiger partial charge in [-0.1, -0.05) is 26.0 Å². The maximum atomic E-state index is 14.1. The van der Waals surface area contributed by atoms with Crippen molar-refractivity contribution in [3.63, 3.8) is 0 Å². The van der Waals surface area contributed by atoms with Gasteiger partial charge in [0.15, 0.2) is 5.78 Å². The molecule has 2 aromatic rings. The van der Waals surface area contributed by atoms with Crippen LogP contribution >= 0.6 is 0 Å². The summed E-state index contributed by atoms with van der Waals surface area (Å²) in [5.41, 5.74) is 2.10. The second-order valence-corrected chi connectivity index (χ2v) is 13.1. The van der Waals surface area contributed by atoms with Crippen LogP contribution < -0.4 is 16.0 Å². The van der Waals surface area contributed by atoms with Crippen LogP contribution in [0.15, 0.2) is 24.3 Å². The van der Waals surface area contributed by atoms with Gasteiger partial charge in [-0.15, -0.1) is 0 Å². The highest BCUT2D eigenvalue weighted by atomic mass is 16.3. The summed E-state index contributed by atoms with van der Waals surface area (Å²) in [6, 6.07) is 4.98. The molecule has 0 unspecified atom stereocenters. The van der Waals surface area contributed by atoms with E-state index < -0.39 is 42.3 Å². The Morgan fingerprint density at radius 3 is 2.55 bits per heavy atom. The third kappa shape index (κ3) is 4.97. The summed E-state index contributed by atoms with van der Waals surface area (Å²) < 4.78 is 0. The van der Waals surface area contributed by atoms with Crippen molar-refractivity contribution < 1.29 is 29.1 Å². The number of likely N-dealkylation sites (tertiary alicyclic amines) is 1. The Hall–Kier alpha value is -3.73. The van der Waals surface area contributed by atoms with Gasteiger partial charge < -0.3 is 30.9 Å². The number of amides is 4. The molecule has 0 spiro atoms. The summed E-state index contributed by atoms with van der Waals surface area (Å²) in [5.74, 6) is -2.27. The lowest BCUT2D eigenvalue weighted by atomic mass is 9.94. The number of fused-ring (bicyclic) bond motifs is 2. The highest BCUT2D eigenvalue weighted by Gasteiger charge is 2.70. The number of benzene rings is 1. The summed E-state index contributed by atoms with van der Waals surface area (Å²) in [5, 5.41) is 19.0. The predicted octanol–water partition coefficient (Wildman–Crippen LogP) is 1.04. The number of aliphatic hydroxyl groups is 1. The number of aromatic nitrogens is 1. The van der Waals surface area contributed by atoms with Gasteiger partial charge in [0, 0.05) is 29.9 Å². The lowest BCUT2D eigenvalue weighted by molar-refractivity contribution is -0.143. The van der Waals surface area contributed by atoms with Crippen molar-refractivity contribution in [3.8, 4) is 0 Å². The van der Waals surface area contributed by atoms with E-state index in [4.69, 9.17) is 0 Å². The predicted molar refractivity (Wildman–Crippen MR) is 153 cm³/mol. The summed E-state index contributed by atoms with van der Waals surface area (Å²) in [6.45, 7) is 6.26. The SMILES string of the molecule is Cc1cccc2[nH]c(C(=O)N[C@H](C(=O)N3C[C@H]4[C@@H]([C@H]3C(=O)N[C@@H](C[C@@H]3CCNC3=O)C(=O)CO)C4(C)C)C3CC3)cc12. The van der Waals surface area contributed by atoms with Crippen LogP contribution in [0.3, 0.4) is 0 Å². The molecule has 1 aromatic heterocycles.